The zero-order valence-corrected chi connectivity index (χ0v) is 7.74. The van der Waals surface area contributed by atoms with Crippen LogP contribution in [0.5, 0.6) is 5.75 Å². The molecule has 0 aliphatic rings. The largest absolute Gasteiger partial charge is 0.427 e. The highest BCUT2D eigenvalue weighted by Crippen LogP contribution is 2.25. The van der Waals surface area contributed by atoms with Gasteiger partial charge in [-0.05, 0) is 34.7 Å². The Morgan fingerprint density at radius 2 is 2.27 bits per heavy atom. The van der Waals surface area contributed by atoms with Gasteiger partial charge in [0.15, 0.2) is 5.75 Å². The summed E-state index contributed by atoms with van der Waals surface area (Å²) in [5.74, 6) is 0.409. The van der Waals surface area contributed by atoms with Gasteiger partial charge >= 0.3 is 0 Å². The highest BCUT2D eigenvalue weighted by molar-refractivity contribution is 14.1. The van der Waals surface area contributed by atoms with Crippen LogP contribution in [0.3, 0.4) is 0 Å². The number of rotatable bonds is 2. The molecular weight excluding hydrogens is 257 g/mol. The van der Waals surface area contributed by atoms with E-state index in [-0.39, 0.29) is 0 Å². The van der Waals surface area contributed by atoms with Crippen molar-refractivity contribution in [3.05, 3.63) is 21.8 Å². The van der Waals surface area contributed by atoms with Crippen LogP contribution in [0.1, 0.15) is 0 Å². The van der Waals surface area contributed by atoms with Crippen LogP contribution in [0.15, 0.2) is 18.2 Å². The van der Waals surface area contributed by atoms with Crippen molar-refractivity contribution in [3.8, 4) is 5.75 Å². The molecule has 0 aliphatic carbocycles. The van der Waals surface area contributed by atoms with Crippen molar-refractivity contribution < 1.29 is 9.53 Å². The normalized spacial score (nSPS) is 9.18. The van der Waals surface area contributed by atoms with Crippen molar-refractivity contribution in [2.45, 2.75) is 0 Å². The number of halogens is 1. The fourth-order valence-electron chi connectivity index (χ4n) is 0.672. The number of benzene rings is 1. The number of nitrogens with two attached hydrogens (primary N) is 1. The molecule has 0 aromatic heterocycles. The van der Waals surface area contributed by atoms with Gasteiger partial charge in [-0.15, -0.1) is 0 Å². The summed E-state index contributed by atoms with van der Waals surface area (Å²) in [7, 11) is 0. The molecule has 0 unspecified atom stereocenters. The Kier molecular flexibility index (Phi) is 2.70. The van der Waals surface area contributed by atoms with Crippen molar-refractivity contribution >= 4 is 34.8 Å². The van der Waals surface area contributed by atoms with Crippen LogP contribution in [0, 0.1) is 3.57 Å². The summed E-state index contributed by atoms with van der Waals surface area (Å²) >= 11 is 2.07. The fraction of sp³-hybridized carbons (Fsp3) is 0. The second-order valence-electron chi connectivity index (χ2n) is 1.87. The maximum absolute atomic E-state index is 9.96. The van der Waals surface area contributed by atoms with E-state index in [0.717, 1.165) is 3.57 Å². The Balaban J connectivity index is 3.05. The van der Waals surface area contributed by atoms with E-state index < -0.39 is 0 Å². The molecule has 3 nitrogen and oxygen atoms in total. The van der Waals surface area contributed by atoms with Crippen LogP contribution in [0.25, 0.3) is 0 Å². The van der Waals surface area contributed by atoms with Crippen molar-refractivity contribution in [1.29, 1.82) is 0 Å². The monoisotopic (exact) mass is 263 g/mol. The Labute approximate surface area is 77.7 Å². The van der Waals surface area contributed by atoms with E-state index in [2.05, 4.69) is 27.3 Å². The molecule has 0 aliphatic heterocycles. The lowest BCUT2D eigenvalue weighted by molar-refractivity contribution is -0.120. The van der Waals surface area contributed by atoms with E-state index in [1.54, 1.807) is 12.1 Å². The summed E-state index contributed by atoms with van der Waals surface area (Å²) in [6.07, 6.45) is 0. The zero-order chi connectivity index (χ0) is 8.27. The average Bonchev–Trinajstić information content (AvgIpc) is 1.99. The Morgan fingerprint density at radius 3 is 2.91 bits per heavy atom. The molecule has 0 spiro atoms. The second kappa shape index (κ2) is 3.56. The number of para-hydroxylation sites is 1. The standard InChI is InChI=1S/C7H6INO2/c8-5-2-1-3-6(7(5)9)11-4-10/h1-4H,9H2. The molecule has 2 N–H and O–H groups in total. The molecule has 0 fully saturated rings. The van der Waals surface area contributed by atoms with Crippen LogP contribution in [0.2, 0.25) is 0 Å². The predicted molar refractivity (Wildman–Crippen MR) is 50.3 cm³/mol. The first-order valence-electron chi connectivity index (χ1n) is 2.90. The van der Waals surface area contributed by atoms with Crippen LogP contribution in [-0.4, -0.2) is 6.47 Å². The van der Waals surface area contributed by atoms with E-state index in [0.29, 0.717) is 17.9 Å². The third kappa shape index (κ3) is 1.83. The molecule has 0 heterocycles. The van der Waals surface area contributed by atoms with Crippen molar-refractivity contribution in [1.82, 2.24) is 0 Å². The summed E-state index contributed by atoms with van der Waals surface area (Å²) in [6, 6.07) is 5.26. The summed E-state index contributed by atoms with van der Waals surface area (Å²) in [5.41, 5.74) is 6.08. The highest BCUT2D eigenvalue weighted by atomic mass is 127. The Morgan fingerprint density at radius 1 is 1.55 bits per heavy atom. The van der Waals surface area contributed by atoms with Crippen LogP contribution >= 0.6 is 22.6 Å². The number of ether oxygens (including phenoxy) is 1. The maximum Gasteiger partial charge on any atom is 0.298 e. The summed E-state index contributed by atoms with van der Waals surface area (Å²) < 4.78 is 5.48. The van der Waals surface area contributed by atoms with E-state index in [1.165, 1.54) is 0 Å². The molecule has 4 heteroatoms. The summed E-state index contributed by atoms with van der Waals surface area (Å²) in [5, 5.41) is 0. The average molecular weight is 263 g/mol. The number of nitrogen functional groups attached to an aromatic ring is 1. The number of carbonyl (C=O) groups is 1. The number of anilines is 1. The van der Waals surface area contributed by atoms with E-state index in [9.17, 15) is 4.79 Å². The van der Waals surface area contributed by atoms with E-state index in [1.807, 2.05) is 6.07 Å². The highest BCUT2D eigenvalue weighted by Gasteiger charge is 2.01. The molecule has 0 saturated carbocycles. The number of hydrogen-bond acceptors (Lipinski definition) is 3. The molecule has 0 amide bonds. The van der Waals surface area contributed by atoms with E-state index in [4.69, 9.17) is 5.73 Å². The summed E-state index contributed by atoms with van der Waals surface area (Å²) in [6.45, 7) is 0.363. The molecule has 1 aromatic rings. The Bertz CT molecular complexity index is 275. The number of carbonyl (C=O) groups excluding carboxylic acids is 1. The first-order valence-corrected chi connectivity index (χ1v) is 3.98. The molecule has 0 atom stereocenters. The SMILES string of the molecule is Nc1c(I)cccc1OC=O. The van der Waals surface area contributed by atoms with Crippen molar-refractivity contribution in [3.63, 3.8) is 0 Å². The van der Waals surface area contributed by atoms with Crippen LogP contribution in [0.4, 0.5) is 5.69 Å². The van der Waals surface area contributed by atoms with Gasteiger partial charge in [-0.3, -0.25) is 4.79 Å². The zero-order valence-electron chi connectivity index (χ0n) is 5.58. The molecule has 0 radical (unpaired) electrons. The third-order valence-corrected chi connectivity index (χ3v) is 2.13. The summed E-state index contributed by atoms with van der Waals surface area (Å²) in [4.78, 5) is 9.96. The van der Waals surface area contributed by atoms with Gasteiger partial charge in [-0.25, -0.2) is 0 Å². The molecule has 11 heavy (non-hydrogen) atoms. The van der Waals surface area contributed by atoms with Gasteiger partial charge in [0.25, 0.3) is 6.47 Å². The quantitative estimate of drug-likeness (QED) is 0.498. The first-order chi connectivity index (χ1) is 5.25. The van der Waals surface area contributed by atoms with Gasteiger partial charge in [0.1, 0.15) is 0 Å². The second-order valence-corrected chi connectivity index (χ2v) is 3.03. The van der Waals surface area contributed by atoms with E-state index >= 15 is 0 Å². The molecule has 1 rings (SSSR count). The minimum Gasteiger partial charge on any atom is -0.427 e. The molecule has 1 aromatic carbocycles. The topological polar surface area (TPSA) is 52.3 Å². The Hall–Kier alpha value is -0.780. The van der Waals surface area contributed by atoms with Crippen LogP contribution in [-0.2, 0) is 4.79 Å². The fourth-order valence-corrected chi connectivity index (χ4v) is 1.15. The third-order valence-electron chi connectivity index (χ3n) is 1.19. The van der Waals surface area contributed by atoms with Gasteiger partial charge in [-0.2, -0.15) is 0 Å². The first kappa shape index (κ1) is 8.32. The molecule has 0 bridgehead atoms. The lowest BCUT2D eigenvalue weighted by Gasteiger charge is -2.02. The van der Waals surface area contributed by atoms with Gasteiger partial charge in [0.05, 0.1) is 5.69 Å². The van der Waals surface area contributed by atoms with Crippen molar-refractivity contribution in [2.75, 3.05) is 5.73 Å². The van der Waals surface area contributed by atoms with Gasteiger partial charge in [0, 0.05) is 3.57 Å². The minimum absolute atomic E-state index is 0.363. The van der Waals surface area contributed by atoms with Crippen LogP contribution < -0.4 is 10.5 Å². The molecular formula is C7H6INO2. The predicted octanol–water partition coefficient (Wildman–Crippen LogP) is 1.41. The minimum atomic E-state index is 0.363. The lowest BCUT2D eigenvalue weighted by atomic mass is 10.3. The van der Waals surface area contributed by atoms with Gasteiger partial charge in [-0.1, -0.05) is 6.07 Å². The van der Waals surface area contributed by atoms with Crippen molar-refractivity contribution in [2.24, 2.45) is 0 Å². The molecule has 0 saturated heterocycles. The van der Waals surface area contributed by atoms with Gasteiger partial charge < -0.3 is 10.5 Å². The number of hydrogen-bond donors (Lipinski definition) is 1. The van der Waals surface area contributed by atoms with Gasteiger partial charge in [0.2, 0.25) is 0 Å². The lowest BCUT2D eigenvalue weighted by Crippen LogP contribution is -1.96. The smallest absolute Gasteiger partial charge is 0.298 e. The maximum atomic E-state index is 9.96. The molecule has 58 valence electrons.